The summed E-state index contributed by atoms with van der Waals surface area (Å²) in [6.45, 7) is 1.98. The van der Waals surface area contributed by atoms with Gasteiger partial charge in [-0.1, -0.05) is 42.2 Å². The average Bonchev–Trinajstić information content (AvgIpc) is 3.50. The number of amides is 1. The maximum Gasteiger partial charge on any atom is 0.259 e. The van der Waals surface area contributed by atoms with Gasteiger partial charge < -0.3 is 11.1 Å². The zero-order valence-corrected chi connectivity index (χ0v) is 21.2. The van der Waals surface area contributed by atoms with Crippen molar-refractivity contribution >= 4 is 38.8 Å². The molecule has 0 fully saturated rings. The number of carbonyl (C=O) groups is 1. The lowest BCUT2D eigenvalue weighted by atomic mass is 9.98. The number of nitrogens with one attached hydrogen (secondary N) is 1. The van der Waals surface area contributed by atoms with Crippen LogP contribution in [0, 0.1) is 11.8 Å². The van der Waals surface area contributed by atoms with Crippen molar-refractivity contribution in [3.63, 3.8) is 0 Å². The number of thiophene rings is 1. The largest absolute Gasteiger partial charge is 0.381 e. The monoisotopic (exact) mass is 514 g/mol. The summed E-state index contributed by atoms with van der Waals surface area (Å²) in [6, 6.07) is 21.7. The van der Waals surface area contributed by atoms with E-state index in [-0.39, 0.29) is 23.3 Å². The number of hydrogen-bond acceptors (Lipinski definition) is 6. The average molecular weight is 515 g/mol. The first-order chi connectivity index (χ1) is 18.6. The Labute approximate surface area is 223 Å². The van der Waals surface area contributed by atoms with E-state index in [0.717, 1.165) is 37.2 Å². The Hall–Kier alpha value is -5.00. The van der Waals surface area contributed by atoms with E-state index in [1.165, 1.54) is 4.52 Å². The topological polar surface area (TPSA) is 98.2 Å². The minimum Gasteiger partial charge on any atom is -0.381 e. The van der Waals surface area contributed by atoms with Gasteiger partial charge in [-0.25, -0.2) is 9.50 Å². The summed E-state index contributed by atoms with van der Waals surface area (Å²) in [5.74, 6) is 6.31. The van der Waals surface area contributed by atoms with Crippen molar-refractivity contribution in [3.8, 4) is 23.0 Å². The Kier molecular flexibility index (Phi) is 6.04. The number of fused-ring (bicyclic) bond motifs is 2. The van der Waals surface area contributed by atoms with E-state index in [2.05, 4.69) is 56.5 Å². The number of carbonyl (C=O) groups excluding carboxylic acids is 1. The maximum atomic E-state index is 13.4. The van der Waals surface area contributed by atoms with Gasteiger partial charge in [0.25, 0.3) is 5.91 Å². The van der Waals surface area contributed by atoms with Gasteiger partial charge in [0.05, 0.1) is 6.04 Å². The molecule has 38 heavy (non-hydrogen) atoms. The van der Waals surface area contributed by atoms with Crippen molar-refractivity contribution in [1.82, 2.24) is 24.9 Å². The van der Waals surface area contributed by atoms with Gasteiger partial charge in [-0.3, -0.25) is 9.78 Å². The zero-order chi connectivity index (χ0) is 26.1. The number of hydrogen-bond donors (Lipinski definition) is 2. The summed E-state index contributed by atoms with van der Waals surface area (Å²) in [7, 11) is 0. The summed E-state index contributed by atoms with van der Waals surface area (Å²) in [5.41, 5.74) is 10.8. The van der Waals surface area contributed by atoms with Crippen molar-refractivity contribution in [2.45, 2.75) is 13.0 Å². The quantitative estimate of drug-likeness (QED) is 0.304. The Balaban J connectivity index is 1.41. The number of rotatable bonds is 4. The molecule has 6 rings (SSSR count). The lowest BCUT2D eigenvalue weighted by Crippen LogP contribution is -2.27. The Morgan fingerprint density at radius 3 is 2.61 bits per heavy atom. The summed E-state index contributed by atoms with van der Waals surface area (Å²) in [4.78, 5) is 22.8. The number of nitrogen functional groups attached to an aromatic ring is 1. The lowest BCUT2D eigenvalue weighted by molar-refractivity contribution is 0.0943. The van der Waals surface area contributed by atoms with Crippen LogP contribution < -0.4 is 11.1 Å². The Bertz CT molecular complexity index is 1850. The molecule has 4 heterocycles. The van der Waals surface area contributed by atoms with Gasteiger partial charge >= 0.3 is 0 Å². The van der Waals surface area contributed by atoms with E-state index < -0.39 is 0 Å². The second-order valence-electron chi connectivity index (χ2n) is 8.75. The molecule has 0 radical (unpaired) electrons. The number of aromatic nitrogens is 4. The molecular weight excluding hydrogens is 492 g/mol. The van der Waals surface area contributed by atoms with Crippen LogP contribution in [0.3, 0.4) is 0 Å². The van der Waals surface area contributed by atoms with Gasteiger partial charge in [0.1, 0.15) is 5.56 Å². The standard InChI is InChI=1S/C30H22N6OS/c1-19(34-30(37)26-28(31)35-36-17-5-14-33-29(26)36)27-25(22-6-3-2-4-7-22)23-18-21(10-11-24(23)38-27)9-8-20-12-15-32-16-13-20/h2-7,10-19H,1H3,(H2,31,35)(H,34,37)/t19-/m1/s1. The second kappa shape index (κ2) is 9.81. The molecule has 6 aromatic rings. The van der Waals surface area contributed by atoms with Gasteiger partial charge in [-0.2, -0.15) is 0 Å². The molecule has 0 aliphatic rings. The molecule has 184 valence electrons. The molecule has 0 spiro atoms. The molecule has 7 nitrogen and oxygen atoms in total. The van der Waals surface area contributed by atoms with Gasteiger partial charge in [-0.15, -0.1) is 16.4 Å². The Morgan fingerprint density at radius 1 is 1.00 bits per heavy atom. The van der Waals surface area contributed by atoms with Crippen molar-refractivity contribution < 1.29 is 4.79 Å². The van der Waals surface area contributed by atoms with Crippen LogP contribution in [0.5, 0.6) is 0 Å². The van der Waals surface area contributed by atoms with E-state index >= 15 is 0 Å². The van der Waals surface area contributed by atoms with Crippen LogP contribution in [0.25, 0.3) is 26.9 Å². The van der Waals surface area contributed by atoms with E-state index in [1.807, 2.05) is 43.3 Å². The number of benzene rings is 2. The summed E-state index contributed by atoms with van der Waals surface area (Å²) in [6.07, 6.45) is 6.80. The van der Waals surface area contributed by atoms with E-state index in [9.17, 15) is 4.79 Å². The van der Waals surface area contributed by atoms with E-state index in [4.69, 9.17) is 5.73 Å². The molecule has 2 aromatic carbocycles. The van der Waals surface area contributed by atoms with Crippen molar-refractivity contribution in [1.29, 1.82) is 0 Å². The van der Waals surface area contributed by atoms with Gasteiger partial charge in [0, 0.05) is 56.4 Å². The highest BCUT2D eigenvalue weighted by molar-refractivity contribution is 7.19. The predicted molar refractivity (Wildman–Crippen MR) is 151 cm³/mol. The first-order valence-corrected chi connectivity index (χ1v) is 12.8. The molecule has 0 aliphatic carbocycles. The zero-order valence-electron chi connectivity index (χ0n) is 20.4. The molecule has 0 saturated carbocycles. The third kappa shape index (κ3) is 4.36. The smallest absolute Gasteiger partial charge is 0.259 e. The van der Waals surface area contributed by atoms with Crippen molar-refractivity contribution in [2.75, 3.05) is 5.73 Å². The van der Waals surface area contributed by atoms with Crippen LogP contribution in [0.1, 0.15) is 39.3 Å². The molecule has 0 bridgehead atoms. The van der Waals surface area contributed by atoms with Gasteiger partial charge in [-0.05, 0) is 48.9 Å². The van der Waals surface area contributed by atoms with Gasteiger partial charge in [0.2, 0.25) is 0 Å². The number of nitrogens with two attached hydrogens (primary N) is 1. The van der Waals surface area contributed by atoms with Crippen LogP contribution in [-0.2, 0) is 0 Å². The highest BCUT2D eigenvalue weighted by atomic mass is 32.1. The van der Waals surface area contributed by atoms with Crippen LogP contribution in [0.15, 0.2) is 91.5 Å². The lowest BCUT2D eigenvalue weighted by Gasteiger charge is -2.15. The molecule has 4 aromatic heterocycles. The first kappa shape index (κ1) is 23.4. The molecule has 0 unspecified atom stereocenters. The molecule has 8 heteroatoms. The summed E-state index contributed by atoms with van der Waals surface area (Å²) in [5, 5.41) is 8.44. The number of anilines is 1. The third-order valence-corrected chi connectivity index (χ3v) is 7.55. The molecule has 0 aliphatic heterocycles. The predicted octanol–water partition coefficient (Wildman–Crippen LogP) is 5.48. The van der Waals surface area contributed by atoms with Gasteiger partial charge in [0.15, 0.2) is 11.5 Å². The summed E-state index contributed by atoms with van der Waals surface area (Å²) < 4.78 is 2.63. The maximum absolute atomic E-state index is 13.4. The molecule has 0 saturated heterocycles. The second-order valence-corrected chi connectivity index (χ2v) is 9.83. The van der Waals surface area contributed by atoms with Crippen molar-refractivity contribution in [3.05, 3.63) is 113 Å². The minimum absolute atomic E-state index is 0.144. The fourth-order valence-corrected chi connectivity index (χ4v) is 5.65. The SMILES string of the molecule is C[C@@H](NC(=O)c1c(N)nn2cccnc12)c1sc2ccc(C#Cc3ccncc3)cc2c1-c1ccccc1. The van der Waals surface area contributed by atoms with Crippen LogP contribution >= 0.6 is 11.3 Å². The molecule has 3 N–H and O–H groups in total. The van der Waals surface area contributed by atoms with Crippen LogP contribution in [0.2, 0.25) is 0 Å². The first-order valence-electron chi connectivity index (χ1n) is 12.0. The molecule has 1 atom stereocenters. The highest BCUT2D eigenvalue weighted by Crippen LogP contribution is 2.42. The molecule has 1 amide bonds. The number of pyridine rings is 1. The van der Waals surface area contributed by atoms with Crippen molar-refractivity contribution in [2.24, 2.45) is 0 Å². The fraction of sp³-hybridized carbons (Fsp3) is 0.0667. The summed E-state index contributed by atoms with van der Waals surface area (Å²) >= 11 is 1.66. The highest BCUT2D eigenvalue weighted by Gasteiger charge is 2.24. The fourth-order valence-electron chi connectivity index (χ4n) is 4.44. The van der Waals surface area contributed by atoms with Crippen LogP contribution in [0.4, 0.5) is 5.82 Å². The van der Waals surface area contributed by atoms with E-state index in [1.54, 1.807) is 42.2 Å². The Morgan fingerprint density at radius 2 is 1.79 bits per heavy atom. The van der Waals surface area contributed by atoms with Crippen LogP contribution in [-0.4, -0.2) is 25.5 Å². The normalized spacial score (nSPS) is 11.7. The number of nitrogens with zero attached hydrogens (tertiary/aromatic N) is 4. The molecular formula is C30H22N6OS. The minimum atomic E-state index is -0.316. The van der Waals surface area contributed by atoms with E-state index in [0.29, 0.717) is 5.65 Å². The third-order valence-electron chi connectivity index (χ3n) is 6.20.